The van der Waals surface area contributed by atoms with Crippen LogP contribution in [0.25, 0.3) is 0 Å². The molecule has 0 saturated carbocycles. The number of hydrogen-bond donors (Lipinski definition) is 2. The second-order valence-corrected chi connectivity index (χ2v) is 5.73. The lowest BCUT2D eigenvalue weighted by molar-refractivity contribution is -0.139. The minimum absolute atomic E-state index is 0.0491. The topological polar surface area (TPSA) is 92.7 Å². The Bertz CT molecular complexity index is 567. The van der Waals surface area contributed by atoms with E-state index < -0.39 is 22.0 Å². The van der Waals surface area contributed by atoms with E-state index in [0.717, 1.165) is 0 Å². The van der Waals surface area contributed by atoms with Crippen LogP contribution in [0.2, 0.25) is 0 Å². The Balaban J connectivity index is 3.10. The van der Waals surface area contributed by atoms with E-state index in [9.17, 15) is 13.2 Å². The van der Waals surface area contributed by atoms with Gasteiger partial charge in [-0.2, -0.15) is 4.72 Å². The van der Waals surface area contributed by atoms with E-state index in [1.54, 1.807) is 19.9 Å². The Morgan fingerprint density at radius 2 is 2.11 bits per heavy atom. The van der Waals surface area contributed by atoms with Crippen molar-refractivity contribution in [2.24, 2.45) is 0 Å². The van der Waals surface area contributed by atoms with Gasteiger partial charge in [0, 0.05) is 0 Å². The number of ether oxygens (including phenoxy) is 1. The quantitative estimate of drug-likeness (QED) is 0.818. The van der Waals surface area contributed by atoms with Crippen LogP contribution in [0.5, 0.6) is 5.75 Å². The van der Waals surface area contributed by atoms with Gasteiger partial charge in [0.2, 0.25) is 10.0 Å². The van der Waals surface area contributed by atoms with Gasteiger partial charge in [-0.3, -0.25) is 4.79 Å². The monoisotopic (exact) mass is 287 g/mol. The maximum atomic E-state index is 12.1. The highest BCUT2D eigenvalue weighted by Gasteiger charge is 2.25. The molecular formula is C12H17NO5S. The van der Waals surface area contributed by atoms with E-state index in [-0.39, 0.29) is 11.3 Å². The summed E-state index contributed by atoms with van der Waals surface area (Å²) in [6, 6.07) is 3.36. The fourth-order valence-electron chi connectivity index (χ4n) is 1.61. The number of carboxylic acid groups (broad SMARTS) is 1. The smallest absolute Gasteiger partial charge is 0.321 e. The average molecular weight is 287 g/mol. The van der Waals surface area contributed by atoms with E-state index in [1.807, 2.05) is 0 Å². The third kappa shape index (κ3) is 3.68. The number of nitrogens with one attached hydrogen (secondary N) is 1. The number of hydrogen-bond acceptors (Lipinski definition) is 4. The highest BCUT2D eigenvalue weighted by molar-refractivity contribution is 7.89. The standard InChI is InChI=1S/C12H17NO5S/c1-4-10(12(14)15)13-19(16,17)11-6-5-9(18-3)7-8(11)2/h5-7,10,13H,4H2,1-3H3,(H,14,15). The van der Waals surface area contributed by atoms with Crippen molar-refractivity contribution in [1.29, 1.82) is 0 Å². The summed E-state index contributed by atoms with van der Waals surface area (Å²) in [5.74, 6) is -0.654. The number of aliphatic carboxylic acids is 1. The highest BCUT2D eigenvalue weighted by atomic mass is 32.2. The summed E-state index contributed by atoms with van der Waals surface area (Å²) in [6.07, 6.45) is 0.170. The van der Waals surface area contributed by atoms with E-state index in [2.05, 4.69) is 4.72 Å². The van der Waals surface area contributed by atoms with Crippen molar-refractivity contribution >= 4 is 16.0 Å². The molecule has 106 valence electrons. The molecular weight excluding hydrogens is 270 g/mol. The molecule has 0 aromatic heterocycles. The van der Waals surface area contributed by atoms with Crippen molar-refractivity contribution in [2.75, 3.05) is 7.11 Å². The molecule has 7 heteroatoms. The zero-order valence-corrected chi connectivity index (χ0v) is 11.8. The van der Waals surface area contributed by atoms with Gasteiger partial charge < -0.3 is 9.84 Å². The highest BCUT2D eigenvalue weighted by Crippen LogP contribution is 2.21. The lowest BCUT2D eigenvalue weighted by atomic mass is 10.2. The SMILES string of the molecule is CCC(NS(=O)(=O)c1ccc(OC)cc1C)C(=O)O. The third-order valence-corrected chi connectivity index (χ3v) is 4.31. The summed E-state index contributed by atoms with van der Waals surface area (Å²) in [7, 11) is -2.37. The molecule has 1 aromatic carbocycles. The van der Waals surface area contributed by atoms with Gasteiger partial charge in [-0.25, -0.2) is 8.42 Å². The van der Waals surface area contributed by atoms with Gasteiger partial charge in [0.15, 0.2) is 0 Å². The minimum Gasteiger partial charge on any atom is -0.497 e. The predicted octanol–water partition coefficient (Wildman–Crippen LogP) is 1.15. The molecule has 0 heterocycles. The molecule has 0 saturated heterocycles. The molecule has 0 fully saturated rings. The van der Waals surface area contributed by atoms with Crippen molar-refractivity contribution in [1.82, 2.24) is 4.72 Å². The lowest BCUT2D eigenvalue weighted by Gasteiger charge is -2.14. The summed E-state index contributed by atoms with van der Waals surface area (Å²) in [4.78, 5) is 10.9. The maximum Gasteiger partial charge on any atom is 0.321 e. The fourth-order valence-corrected chi connectivity index (χ4v) is 3.11. The zero-order chi connectivity index (χ0) is 14.6. The van der Waals surface area contributed by atoms with E-state index in [0.29, 0.717) is 11.3 Å². The van der Waals surface area contributed by atoms with Crippen LogP contribution >= 0.6 is 0 Å². The summed E-state index contributed by atoms with van der Waals surface area (Å²) in [5.41, 5.74) is 0.493. The van der Waals surface area contributed by atoms with Crippen LogP contribution in [0.3, 0.4) is 0 Å². The van der Waals surface area contributed by atoms with Crippen molar-refractivity contribution in [3.05, 3.63) is 23.8 Å². The molecule has 2 N–H and O–H groups in total. The molecule has 0 spiro atoms. The molecule has 0 radical (unpaired) electrons. The Morgan fingerprint density at radius 3 is 2.53 bits per heavy atom. The van der Waals surface area contributed by atoms with Crippen LogP contribution in [0.1, 0.15) is 18.9 Å². The molecule has 1 rings (SSSR count). The first kappa shape index (κ1) is 15.5. The van der Waals surface area contributed by atoms with E-state index >= 15 is 0 Å². The molecule has 1 aromatic rings. The lowest BCUT2D eigenvalue weighted by Crippen LogP contribution is -2.40. The first-order valence-corrected chi connectivity index (χ1v) is 7.20. The van der Waals surface area contributed by atoms with E-state index in [4.69, 9.17) is 9.84 Å². The molecule has 0 aliphatic rings. The number of carboxylic acids is 1. The Labute approximate surface area is 112 Å². The van der Waals surface area contributed by atoms with Gasteiger partial charge in [-0.1, -0.05) is 6.92 Å². The molecule has 0 aliphatic carbocycles. The van der Waals surface area contributed by atoms with Crippen LogP contribution in [-0.2, 0) is 14.8 Å². The van der Waals surface area contributed by atoms with Gasteiger partial charge in [0.25, 0.3) is 0 Å². The normalized spacial score (nSPS) is 13.0. The second kappa shape index (κ2) is 6.03. The first-order chi connectivity index (χ1) is 8.81. The Kier molecular flexibility index (Phi) is 4.90. The molecule has 6 nitrogen and oxygen atoms in total. The predicted molar refractivity (Wildman–Crippen MR) is 69.8 cm³/mol. The van der Waals surface area contributed by atoms with Crippen molar-refractivity contribution in [3.63, 3.8) is 0 Å². The number of aryl methyl sites for hydroxylation is 1. The van der Waals surface area contributed by atoms with Crippen molar-refractivity contribution < 1.29 is 23.1 Å². The maximum absolute atomic E-state index is 12.1. The van der Waals surface area contributed by atoms with Gasteiger partial charge >= 0.3 is 5.97 Å². The first-order valence-electron chi connectivity index (χ1n) is 5.71. The van der Waals surface area contributed by atoms with Crippen LogP contribution < -0.4 is 9.46 Å². The number of rotatable bonds is 6. The van der Waals surface area contributed by atoms with E-state index in [1.165, 1.54) is 19.2 Å². The summed E-state index contributed by atoms with van der Waals surface area (Å²) >= 11 is 0. The van der Waals surface area contributed by atoms with Crippen LogP contribution in [0.4, 0.5) is 0 Å². The van der Waals surface area contributed by atoms with Gasteiger partial charge in [-0.15, -0.1) is 0 Å². The second-order valence-electron chi connectivity index (χ2n) is 4.05. The number of carbonyl (C=O) groups is 1. The average Bonchev–Trinajstić information content (AvgIpc) is 2.35. The van der Waals surface area contributed by atoms with Crippen molar-refractivity contribution in [2.45, 2.75) is 31.2 Å². The molecule has 19 heavy (non-hydrogen) atoms. The van der Waals surface area contributed by atoms with Crippen molar-refractivity contribution in [3.8, 4) is 5.75 Å². The zero-order valence-electron chi connectivity index (χ0n) is 11.0. The van der Waals surface area contributed by atoms with Crippen LogP contribution in [-0.4, -0.2) is 32.6 Å². The van der Waals surface area contributed by atoms with Gasteiger partial charge in [0.1, 0.15) is 11.8 Å². The minimum atomic E-state index is -3.86. The van der Waals surface area contributed by atoms with Gasteiger partial charge in [0.05, 0.1) is 12.0 Å². The number of methoxy groups -OCH3 is 1. The summed E-state index contributed by atoms with van der Waals surface area (Å²) in [6.45, 7) is 3.22. The molecule has 1 unspecified atom stereocenters. The Hall–Kier alpha value is -1.60. The molecule has 1 atom stereocenters. The molecule has 0 amide bonds. The summed E-state index contributed by atoms with van der Waals surface area (Å²) in [5, 5.41) is 8.89. The number of benzene rings is 1. The summed E-state index contributed by atoms with van der Waals surface area (Å²) < 4.78 is 31.4. The Morgan fingerprint density at radius 1 is 1.47 bits per heavy atom. The molecule has 0 bridgehead atoms. The fraction of sp³-hybridized carbons (Fsp3) is 0.417. The van der Waals surface area contributed by atoms with Gasteiger partial charge in [-0.05, 0) is 37.1 Å². The molecule has 0 aliphatic heterocycles. The van der Waals surface area contributed by atoms with Crippen LogP contribution in [0.15, 0.2) is 23.1 Å². The van der Waals surface area contributed by atoms with Crippen LogP contribution in [0, 0.1) is 6.92 Å². The number of sulfonamides is 1. The third-order valence-electron chi connectivity index (χ3n) is 2.68. The largest absolute Gasteiger partial charge is 0.497 e.